The quantitative estimate of drug-likeness (QED) is 0.738. The van der Waals surface area contributed by atoms with Gasteiger partial charge in [-0.3, -0.25) is 4.79 Å². The van der Waals surface area contributed by atoms with Crippen molar-refractivity contribution in [3.05, 3.63) is 41.3 Å². The zero-order chi connectivity index (χ0) is 13.9. The molecule has 0 aliphatic carbocycles. The zero-order valence-corrected chi connectivity index (χ0v) is 11.3. The van der Waals surface area contributed by atoms with Crippen molar-refractivity contribution in [3.63, 3.8) is 0 Å². The average molecular weight is 288 g/mol. The van der Waals surface area contributed by atoms with Crippen molar-refractivity contribution in [2.45, 2.75) is 6.42 Å². The number of hydrogen-bond donors (Lipinski definition) is 2. The van der Waals surface area contributed by atoms with E-state index < -0.39 is 0 Å². The number of rotatable bonds is 4. The van der Waals surface area contributed by atoms with Crippen LogP contribution in [-0.2, 0) is 6.42 Å². The predicted octanol–water partition coefficient (Wildman–Crippen LogP) is 0.740. The van der Waals surface area contributed by atoms with Gasteiger partial charge in [-0.05, 0) is 12.1 Å². The molecule has 0 saturated carbocycles. The highest BCUT2D eigenvalue weighted by Gasteiger charge is 2.07. The summed E-state index contributed by atoms with van der Waals surface area (Å²) in [5, 5.41) is 9.26. The number of nitrogen functional groups attached to an aromatic ring is 1. The Labute approximate surface area is 118 Å². The molecule has 8 heteroatoms. The van der Waals surface area contributed by atoms with E-state index in [1.165, 1.54) is 17.7 Å². The number of nitrogens with two attached hydrogens (primary N) is 1. The molecule has 0 bridgehead atoms. The predicted molar refractivity (Wildman–Crippen MR) is 75.6 cm³/mol. The molecule has 0 saturated heterocycles. The smallest absolute Gasteiger partial charge is 0.251 e. The van der Waals surface area contributed by atoms with Crippen LogP contribution in [0.25, 0.3) is 5.65 Å². The fourth-order valence-corrected chi connectivity index (χ4v) is 2.40. The van der Waals surface area contributed by atoms with Crippen LogP contribution in [-0.4, -0.2) is 32.0 Å². The van der Waals surface area contributed by atoms with E-state index in [0.29, 0.717) is 29.3 Å². The number of hydrogen-bond acceptors (Lipinski definition) is 6. The molecule has 0 unspecified atom stereocenters. The maximum absolute atomic E-state index is 12.0. The minimum absolute atomic E-state index is 0.140. The molecule has 3 aromatic rings. The Hall–Kier alpha value is -2.48. The Morgan fingerprint density at radius 1 is 1.50 bits per heavy atom. The zero-order valence-electron chi connectivity index (χ0n) is 10.5. The maximum atomic E-state index is 12.0. The van der Waals surface area contributed by atoms with E-state index >= 15 is 0 Å². The van der Waals surface area contributed by atoms with Crippen LogP contribution in [0.4, 0.5) is 5.13 Å². The number of thiazole rings is 1. The molecule has 1 amide bonds. The number of nitrogens with one attached hydrogen (secondary N) is 1. The standard InChI is InChI=1S/C12H12N6OS/c13-12-17-9(6-20-12)1-3-14-11(19)8-2-4-18-10(5-8)15-7-16-18/h2,4-7H,1,3H2,(H2,13,17)(H,14,19). The molecule has 20 heavy (non-hydrogen) atoms. The van der Waals surface area contributed by atoms with Gasteiger partial charge in [-0.15, -0.1) is 11.3 Å². The molecule has 3 aromatic heterocycles. The fraction of sp³-hybridized carbons (Fsp3) is 0.167. The second-order valence-corrected chi connectivity index (χ2v) is 5.05. The average Bonchev–Trinajstić information content (AvgIpc) is 3.06. The third-order valence-corrected chi connectivity index (χ3v) is 3.50. The van der Waals surface area contributed by atoms with Crippen LogP contribution in [0.2, 0.25) is 0 Å². The molecule has 0 aromatic carbocycles. The lowest BCUT2D eigenvalue weighted by molar-refractivity contribution is 0.0954. The number of anilines is 1. The minimum atomic E-state index is -0.140. The van der Waals surface area contributed by atoms with E-state index in [1.54, 1.807) is 22.8 Å². The van der Waals surface area contributed by atoms with Crippen molar-refractivity contribution in [2.24, 2.45) is 0 Å². The van der Waals surface area contributed by atoms with Crippen molar-refractivity contribution < 1.29 is 4.79 Å². The van der Waals surface area contributed by atoms with Gasteiger partial charge in [-0.2, -0.15) is 5.10 Å². The van der Waals surface area contributed by atoms with Crippen LogP contribution < -0.4 is 11.1 Å². The Morgan fingerprint density at radius 2 is 2.40 bits per heavy atom. The molecule has 102 valence electrons. The summed E-state index contributed by atoms with van der Waals surface area (Å²) in [7, 11) is 0. The SMILES string of the molecule is Nc1nc(CCNC(=O)c2ccn3ncnc3c2)cs1. The molecule has 3 rings (SSSR count). The van der Waals surface area contributed by atoms with E-state index in [0.717, 1.165) is 5.69 Å². The number of fused-ring (bicyclic) bond motifs is 1. The monoisotopic (exact) mass is 288 g/mol. The Kier molecular flexibility index (Phi) is 3.30. The lowest BCUT2D eigenvalue weighted by atomic mass is 10.2. The second-order valence-electron chi connectivity index (χ2n) is 4.16. The van der Waals surface area contributed by atoms with E-state index in [2.05, 4.69) is 20.4 Å². The third kappa shape index (κ3) is 2.59. The van der Waals surface area contributed by atoms with Gasteiger partial charge in [0.25, 0.3) is 5.91 Å². The molecule has 7 nitrogen and oxygen atoms in total. The number of nitrogens with zero attached hydrogens (tertiary/aromatic N) is 4. The molecule has 0 aliphatic heterocycles. The number of carbonyl (C=O) groups excluding carboxylic acids is 1. The summed E-state index contributed by atoms with van der Waals surface area (Å²) in [4.78, 5) is 20.2. The van der Waals surface area contributed by atoms with Crippen LogP contribution in [0, 0.1) is 0 Å². The summed E-state index contributed by atoms with van der Waals surface area (Å²) in [6, 6.07) is 3.40. The number of carbonyl (C=O) groups is 1. The van der Waals surface area contributed by atoms with Crippen LogP contribution >= 0.6 is 11.3 Å². The molecule has 0 fully saturated rings. The Balaban J connectivity index is 1.61. The van der Waals surface area contributed by atoms with Crippen LogP contribution in [0.3, 0.4) is 0 Å². The molecule has 0 aliphatic rings. The van der Waals surface area contributed by atoms with Crippen LogP contribution in [0.5, 0.6) is 0 Å². The summed E-state index contributed by atoms with van der Waals surface area (Å²) < 4.78 is 1.61. The normalized spacial score (nSPS) is 10.8. The first-order valence-corrected chi connectivity index (χ1v) is 6.88. The van der Waals surface area contributed by atoms with Crippen molar-refractivity contribution >= 4 is 28.0 Å². The lowest BCUT2D eigenvalue weighted by Gasteiger charge is -2.04. The highest BCUT2D eigenvalue weighted by atomic mass is 32.1. The maximum Gasteiger partial charge on any atom is 0.251 e. The van der Waals surface area contributed by atoms with Gasteiger partial charge >= 0.3 is 0 Å². The van der Waals surface area contributed by atoms with Gasteiger partial charge in [0, 0.05) is 30.1 Å². The molecule has 3 N–H and O–H groups in total. The summed E-state index contributed by atoms with van der Waals surface area (Å²) in [6.45, 7) is 0.514. The van der Waals surface area contributed by atoms with Gasteiger partial charge in [0.1, 0.15) is 6.33 Å². The Bertz CT molecular complexity index is 749. The van der Waals surface area contributed by atoms with Crippen molar-refractivity contribution in [2.75, 3.05) is 12.3 Å². The van der Waals surface area contributed by atoms with Gasteiger partial charge in [0.05, 0.1) is 5.69 Å². The van der Waals surface area contributed by atoms with E-state index in [9.17, 15) is 4.79 Å². The molecular formula is C12H12N6OS. The summed E-state index contributed by atoms with van der Waals surface area (Å²) in [5.74, 6) is -0.140. The molecule has 0 spiro atoms. The number of pyridine rings is 1. The summed E-state index contributed by atoms with van der Waals surface area (Å²) >= 11 is 1.40. The van der Waals surface area contributed by atoms with Crippen LogP contribution in [0.15, 0.2) is 30.0 Å². The van der Waals surface area contributed by atoms with E-state index in [-0.39, 0.29) is 5.91 Å². The van der Waals surface area contributed by atoms with E-state index in [1.807, 2.05) is 5.38 Å². The minimum Gasteiger partial charge on any atom is -0.375 e. The van der Waals surface area contributed by atoms with Crippen molar-refractivity contribution in [3.8, 4) is 0 Å². The topological polar surface area (TPSA) is 98.2 Å². The highest BCUT2D eigenvalue weighted by Crippen LogP contribution is 2.11. The Morgan fingerprint density at radius 3 is 3.20 bits per heavy atom. The molecule has 3 heterocycles. The van der Waals surface area contributed by atoms with Gasteiger partial charge in [-0.25, -0.2) is 14.5 Å². The first kappa shape index (κ1) is 12.5. The largest absolute Gasteiger partial charge is 0.375 e. The number of aromatic nitrogens is 4. The molecule has 0 atom stereocenters. The summed E-state index contributed by atoms with van der Waals surface area (Å²) in [5.41, 5.74) is 7.64. The lowest BCUT2D eigenvalue weighted by Crippen LogP contribution is -2.25. The van der Waals surface area contributed by atoms with Crippen molar-refractivity contribution in [1.29, 1.82) is 0 Å². The molecular weight excluding hydrogens is 276 g/mol. The van der Waals surface area contributed by atoms with E-state index in [4.69, 9.17) is 5.73 Å². The highest BCUT2D eigenvalue weighted by molar-refractivity contribution is 7.13. The molecule has 0 radical (unpaired) electrons. The second kappa shape index (κ2) is 5.25. The van der Waals surface area contributed by atoms with Gasteiger partial charge < -0.3 is 11.1 Å². The fourth-order valence-electron chi connectivity index (χ4n) is 1.80. The first-order chi connectivity index (χ1) is 9.72. The van der Waals surface area contributed by atoms with Crippen LogP contribution in [0.1, 0.15) is 16.1 Å². The first-order valence-electron chi connectivity index (χ1n) is 6.00. The third-order valence-electron chi connectivity index (χ3n) is 2.78. The number of amides is 1. The van der Waals surface area contributed by atoms with Gasteiger partial charge in [0.15, 0.2) is 10.8 Å². The van der Waals surface area contributed by atoms with Gasteiger partial charge in [-0.1, -0.05) is 0 Å². The summed E-state index contributed by atoms with van der Waals surface area (Å²) in [6.07, 6.45) is 3.81. The van der Waals surface area contributed by atoms with Crippen molar-refractivity contribution in [1.82, 2.24) is 24.9 Å². The van der Waals surface area contributed by atoms with Gasteiger partial charge in [0.2, 0.25) is 0 Å².